The van der Waals surface area contributed by atoms with Crippen LogP contribution in [-0.4, -0.2) is 48.3 Å². The molecule has 2 fully saturated rings. The van der Waals surface area contributed by atoms with Gasteiger partial charge in [0.15, 0.2) is 0 Å². The topological polar surface area (TPSA) is 35.5 Å². The highest BCUT2D eigenvalue weighted by atomic mass is 35.5. The molecule has 0 spiro atoms. The fourth-order valence-corrected chi connectivity index (χ4v) is 2.72. The number of rotatable bonds is 3. The van der Waals surface area contributed by atoms with Crippen LogP contribution < -0.4 is 5.32 Å². The third-order valence-electron chi connectivity index (χ3n) is 3.65. The number of β-amino-alcohol motifs (C(OH)–C–C–N with tert-alkyl or cyclic N) is 1. The third-order valence-corrected chi connectivity index (χ3v) is 3.65. The van der Waals surface area contributed by atoms with Gasteiger partial charge in [-0.1, -0.05) is 6.92 Å². The minimum absolute atomic E-state index is 0. The van der Waals surface area contributed by atoms with Crippen LogP contribution in [0, 0.1) is 5.92 Å². The van der Waals surface area contributed by atoms with E-state index in [0.29, 0.717) is 12.0 Å². The second-order valence-corrected chi connectivity index (χ2v) is 4.75. The Bertz CT molecular complexity index is 185. The molecule has 0 radical (unpaired) electrons. The fraction of sp³-hybridized carbons (Fsp3) is 1.00. The van der Waals surface area contributed by atoms with Gasteiger partial charge in [-0.2, -0.15) is 0 Å². The first-order valence-corrected chi connectivity index (χ1v) is 5.93. The number of nitrogens with zero attached hydrogens (tertiary/aromatic N) is 1. The summed E-state index contributed by atoms with van der Waals surface area (Å²) in [5.41, 5.74) is 0. The van der Waals surface area contributed by atoms with E-state index in [1.54, 1.807) is 0 Å². The molecule has 0 aromatic heterocycles. The van der Waals surface area contributed by atoms with Gasteiger partial charge in [0.1, 0.15) is 0 Å². The van der Waals surface area contributed by atoms with Crippen molar-refractivity contribution in [1.82, 2.24) is 10.2 Å². The fourth-order valence-electron chi connectivity index (χ4n) is 2.72. The quantitative estimate of drug-likeness (QED) is 0.761. The molecule has 0 saturated carbocycles. The molecule has 4 heteroatoms. The van der Waals surface area contributed by atoms with E-state index in [1.807, 2.05) is 0 Å². The molecule has 2 rings (SSSR count). The first kappa shape index (κ1) is 13.2. The lowest BCUT2D eigenvalue weighted by molar-refractivity contribution is 0.139. The van der Waals surface area contributed by atoms with E-state index in [-0.39, 0.29) is 18.5 Å². The number of aliphatic hydroxyl groups excluding tert-OH is 1. The normalized spacial score (nSPS) is 36.8. The van der Waals surface area contributed by atoms with Gasteiger partial charge in [0.2, 0.25) is 0 Å². The van der Waals surface area contributed by atoms with Gasteiger partial charge < -0.3 is 10.4 Å². The van der Waals surface area contributed by atoms with Gasteiger partial charge in [-0.15, -0.1) is 12.4 Å². The molecule has 2 N–H and O–H groups in total. The predicted octanol–water partition coefficient (Wildman–Crippen LogP) is 0.863. The minimum Gasteiger partial charge on any atom is -0.391 e. The molecule has 2 heterocycles. The van der Waals surface area contributed by atoms with E-state index < -0.39 is 0 Å². The maximum Gasteiger partial charge on any atom is 0.0707 e. The summed E-state index contributed by atoms with van der Waals surface area (Å²) in [4.78, 5) is 2.42. The summed E-state index contributed by atoms with van der Waals surface area (Å²) < 4.78 is 0. The van der Waals surface area contributed by atoms with Gasteiger partial charge >= 0.3 is 0 Å². The number of hydrogen-bond acceptors (Lipinski definition) is 3. The van der Waals surface area contributed by atoms with E-state index in [9.17, 15) is 5.11 Å². The number of nitrogens with one attached hydrogen (secondary N) is 1. The Morgan fingerprint density at radius 1 is 1.40 bits per heavy atom. The first-order valence-electron chi connectivity index (χ1n) is 5.93. The molecule has 0 aliphatic carbocycles. The average Bonchev–Trinajstić information content (AvgIpc) is 2.76. The van der Waals surface area contributed by atoms with Crippen LogP contribution in [0.25, 0.3) is 0 Å². The van der Waals surface area contributed by atoms with Crippen molar-refractivity contribution in [3.63, 3.8) is 0 Å². The molecular formula is C11H23ClN2O. The molecule has 2 aliphatic rings. The van der Waals surface area contributed by atoms with Crippen molar-refractivity contribution in [2.75, 3.05) is 26.2 Å². The second kappa shape index (κ2) is 6.04. The van der Waals surface area contributed by atoms with Crippen LogP contribution in [0.1, 0.15) is 26.2 Å². The van der Waals surface area contributed by atoms with Crippen molar-refractivity contribution in [2.24, 2.45) is 5.92 Å². The average molecular weight is 235 g/mol. The Morgan fingerprint density at radius 2 is 2.20 bits per heavy atom. The maximum absolute atomic E-state index is 9.77. The van der Waals surface area contributed by atoms with Crippen LogP contribution in [0.2, 0.25) is 0 Å². The van der Waals surface area contributed by atoms with Crippen LogP contribution in [0.15, 0.2) is 0 Å². The SMILES string of the molecule is CCC1CN(C[C@@H]2CCCN2)CC1O.Cl. The number of aliphatic hydroxyl groups is 1. The Hall–Kier alpha value is 0.170. The molecule has 0 amide bonds. The lowest BCUT2D eigenvalue weighted by atomic mass is 10.0. The Labute approximate surface area is 98.6 Å². The lowest BCUT2D eigenvalue weighted by Gasteiger charge is -2.20. The summed E-state index contributed by atoms with van der Waals surface area (Å²) in [7, 11) is 0. The van der Waals surface area contributed by atoms with Crippen molar-refractivity contribution in [3.05, 3.63) is 0 Å². The van der Waals surface area contributed by atoms with Crippen LogP contribution in [0.5, 0.6) is 0 Å². The number of likely N-dealkylation sites (tertiary alicyclic amines) is 1. The molecule has 2 aliphatic heterocycles. The molecule has 0 bridgehead atoms. The van der Waals surface area contributed by atoms with E-state index >= 15 is 0 Å². The highest BCUT2D eigenvalue weighted by Crippen LogP contribution is 2.20. The first-order chi connectivity index (χ1) is 6.79. The van der Waals surface area contributed by atoms with Crippen molar-refractivity contribution in [1.29, 1.82) is 0 Å². The van der Waals surface area contributed by atoms with Crippen molar-refractivity contribution in [2.45, 2.75) is 38.3 Å². The Kier molecular flexibility index (Phi) is 5.33. The summed E-state index contributed by atoms with van der Waals surface area (Å²) in [5.74, 6) is 0.511. The molecule has 90 valence electrons. The Morgan fingerprint density at radius 3 is 2.73 bits per heavy atom. The maximum atomic E-state index is 9.77. The van der Waals surface area contributed by atoms with Gasteiger partial charge in [0.25, 0.3) is 0 Å². The largest absolute Gasteiger partial charge is 0.391 e. The van der Waals surface area contributed by atoms with Gasteiger partial charge in [-0.25, -0.2) is 0 Å². The highest BCUT2D eigenvalue weighted by Gasteiger charge is 2.31. The summed E-state index contributed by atoms with van der Waals surface area (Å²) in [6.07, 6.45) is 3.65. The van der Waals surface area contributed by atoms with Crippen LogP contribution in [0.4, 0.5) is 0 Å². The summed E-state index contributed by atoms with van der Waals surface area (Å²) in [6, 6.07) is 0.679. The standard InChI is InChI=1S/C11H22N2O.ClH/c1-2-9-6-13(8-11(9)14)7-10-4-3-5-12-10;/h9-12,14H,2-8H2,1H3;1H/t9?,10-,11?;/m0./s1. The number of halogens is 1. The zero-order valence-corrected chi connectivity index (χ0v) is 10.3. The summed E-state index contributed by atoms with van der Waals surface area (Å²) >= 11 is 0. The van der Waals surface area contributed by atoms with Crippen LogP contribution >= 0.6 is 12.4 Å². The van der Waals surface area contributed by atoms with E-state index in [1.165, 1.54) is 19.4 Å². The second-order valence-electron chi connectivity index (χ2n) is 4.75. The van der Waals surface area contributed by atoms with E-state index in [2.05, 4.69) is 17.1 Å². The molecule has 2 saturated heterocycles. The zero-order valence-electron chi connectivity index (χ0n) is 9.48. The molecule has 15 heavy (non-hydrogen) atoms. The monoisotopic (exact) mass is 234 g/mol. The summed E-state index contributed by atoms with van der Waals surface area (Å²) in [6.45, 7) is 6.46. The van der Waals surface area contributed by atoms with Gasteiger partial charge in [0.05, 0.1) is 6.10 Å². The molecular weight excluding hydrogens is 212 g/mol. The molecule has 2 unspecified atom stereocenters. The van der Waals surface area contributed by atoms with Crippen molar-refractivity contribution >= 4 is 12.4 Å². The summed E-state index contributed by atoms with van der Waals surface area (Å²) in [5, 5.41) is 13.3. The van der Waals surface area contributed by atoms with E-state index in [4.69, 9.17) is 0 Å². The van der Waals surface area contributed by atoms with Gasteiger partial charge in [-0.05, 0) is 31.7 Å². The van der Waals surface area contributed by atoms with Crippen LogP contribution in [0.3, 0.4) is 0 Å². The van der Waals surface area contributed by atoms with Crippen molar-refractivity contribution < 1.29 is 5.11 Å². The van der Waals surface area contributed by atoms with Gasteiger partial charge in [-0.3, -0.25) is 4.90 Å². The molecule has 3 atom stereocenters. The third kappa shape index (κ3) is 3.31. The predicted molar refractivity (Wildman–Crippen MR) is 64.5 cm³/mol. The molecule has 0 aromatic carbocycles. The Balaban J connectivity index is 0.00000112. The van der Waals surface area contributed by atoms with Gasteiger partial charge in [0, 0.05) is 25.7 Å². The van der Waals surface area contributed by atoms with Crippen molar-refractivity contribution in [3.8, 4) is 0 Å². The molecule has 0 aromatic rings. The smallest absolute Gasteiger partial charge is 0.0707 e. The highest BCUT2D eigenvalue weighted by molar-refractivity contribution is 5.85. The zero-order chi connectivity index (χ0) is 9.97. The number of hydrogen-bond donors (Lipinski definition) is 2. The molecule has 3 nitrogen and oxygen atoms in total. The van der Waals surface area contributed by atoms with E-state index in [0.717, 1.165) is 26.1 Å². The lowest BCUT2D eigenvalue weighted by Crippen LogP contribution is -2.36. The van der Waals surface area contributed by atoms with Crippen LogP contribution in [-0.2, 0) is 0 Å². The minimum atomic E-state index is -0.0820.